The summed E-state index contributed by atoms with van der Waals surface area (Å²) >= 11 is 0. The van der Waals surface area contributed by atoms with Gasteiger partial charge < -0.3 is 11.5 Å². The van der Waals surface area contributed by atoms with Gasteiger partial charge in [0.25, 0.3) is 5.92 Å². The fourth-order valence-corrected chi connectivity index (χ4v) is 1.02. The fourth-order valence-electron chi connectivity index (χ4n) is 1.02. The SMILES string of the molecule is NC(=O)C(N)C(F)(F)c1ccccc1. The maximum Gasteiger partial charge on any atom is 0.296 e. The van der Waals surface area contributed by atoms with Crippen LogP contribution in [0.2, 0.25) is 0 Å². The molecule has 0 aliphatic carbocycles. The number of hydrogen-bond donors (Lipinski definition) is 2. The first-order valence-electron chi connectivity index (χ1n) is 3.94. The van der Waals surface area contributed by atoms with Crippen LogP contribution >= 0.6 is 0 Å². The minimum atomic E-state index is -3.42. The molecule has 0 aliphatic heterocycles. The van der Waals surface area contributed by atoms with Crippen LogP contribution in [0.5, 0.6) is 0 Å². The third-order valence-electron chi connectivity index (χ3n) is 1.86. The molecule has 1 aromatic carbocycles. The summed E-state index contributed by atoms with van der Waals surface area (Å²) < 4.78 is 26.7. The second-order valence-electron chi connectivity index (χ2n) is 2.87. The molecule has 4 N–H and O–H groups in total. The molecule has 14 heavy (non-hydrogen) atoms. The molecule has 0 saturated heterocycles. The molecule has 1 unspecified atom stereocenters. The molecule has 0 bridgehead atoms. The second-order valence-corrected chi connectivity index (χ2v) is 2.87. The number of amides is 1. The highest BCUT2D eigenvalue weighted by molar-refractivity contribution is 5.81. The van der Waals surface area contributed by atoms with Crippen LogP contribution in [0.1, 0.15) is 5.56 Å². The molecule has 0 aromatic heterocycles. The summed E-state index contributed by atoms with van der Waals surface area (Å²) in [6, 6.07) is 4.87. The van der Waals surface area contributed by atoms with Crippen LogP contribution < -0.4 is 11.5 Å². The van der Waals surface area contributed by atoms with Crippen molar-refractivity contribution >= 4 is 5.91 Å². The largest absolute Gasteiger partial charge is 0.368 e. The van der Waals surface area contributed by atoms with E-state index in [-0.39, 0.29) is 5.56 Å². The van der Waals surface area contributed by atoms with Crippen molar-refractivity contribution in [2.24, 2.45) is 11.5 Å². The Morgan fingerprint density at radius 2 is 1.79 bits per heavy atom. The Bertz CT molecular complexity index is 327. The molecule has 0 radical (unpaired) electrons. The van der Waals surface area contributed by atoms with Gasteiger partial charge in [0.15, 0.2) is 6.04 Å². The number of carbonyl (C=O) groups is 1. The normalized spacial score (nSPS) is 13.6. The number of nitrogens with two attached hydrogens (primary N) is 2. The van der Waals surface area contributed by atoms with E-state index in [1.54, 1.807) is 6.07 Å². The lowest BCUT2D eigenvalue weighted by molar-refractivity contribution is -0.129. The molecule has 1 rings (SSSR count). The van der Waals surface area contributed by atoms with E-state index in [0.717, 1.165) is 0 Å². The zero-order valence-corrected chi connectivity index (χ0v) is 7.28. The van der Waals surface area contributed by atoms with Gasteiger partial charge in [0.05, 0.1) is 0 Å². The number of carbonyl (C=O) groups excluding carboxylic acids is 1. The van der Waals surface area contributed by atoms with Gasteiger partial charge in [-0.15, -0.1) is 0 Å². The predicted octanol–water partition coefficient (Wildman–Crippen LogP) is 0.591. The van der Waals surface area contributed by atoms with E-state index in [9.17, 15) is 13.6 Å². The topological polar surface area (TPSA) is 69.1 Å². The Hall–Kier alpha value is -1.49. The van der Waals surface area contributed by atoms with Crippen LogP contribution in [0.3, 0.4) is 0 Å². The van der Waals surface area contributed by atoms with Crippen molar-refractivity contribution < 1.29 is 13.6 Å². The summed E-state index contributed by atoms with van der Waals surface area (Å²) in [5.74, 6) is -4.65. The van der Waals surface area contributed by atoms with Gasteiger partial charge in [0, 0.05) is 5.56 Å². The number of hydrogen-bond acceptors (Lipinski definition) is 2. The first-order valence-corrected chi connectivity index (χ1v) is 3.94. The molecule has 3 nitrogen and oxygen atoms in total. The molecule has 1 atom stereocenters. The van der Waals surface area contributed by atoms with E-state index >= 15 is 0 Å². The molecule has 0 heterocycles. The Balaban J connectivity index is 3.02. The highest BCUT2D eigenvalue weighted by Crippen LogP contribution is 2.30. The number of primary amides is 1. The molecule has 0 saturated carbocycles. The first-order chi connectivity index (χ1) is 6.46. The number of benzene rings is 1. The molecule has 5 heteroatoms. The summed E-state index contributed by atoms with van der Waals surface area (Å²) in [6.07, 6.45) is 0. The van der Waals surface area contributed by atoms with Gasteiger partial charge in [-0.2, -0.15) is 8.78 Å². The van der Waals surface area contributed by atoms with E-state index in [1.165, 1.54) is 24.3 Å². The smallest absolute Gasteiger partial charge is 0.296 e. The molecule has 0 fully saturated rings. The third-order valence-corrected chi connectivity index (χ3v) is 1.86. The van der Waals surface area contributed by atoms with Crippen molar-refractivity contribution in [3.05, 3.63) is 35.9 Å². The van der Waals surface area contributed by atoms with E-state index in [0.29, 0.717) is 0 Å². The second kappa shape index (κ2) is 3.71. The number of rotatable bonds is 3. The Labute approximate surface area is 79.7 Å². The van der Waals surface area contributed by atoms with E-state index < -0.39 is 17.9 Å². The average molecular weight is 200 g/mol. The van der Waals surface area contributed by atoms with Crippen LogP contribution in [-0.4, -0.2) is 11.9 Å². The van der Waals surface area contributed by atoms with Crippen molar-refractivity contribution in [1.82, 2.24) is 0 Å². The Kier molecular flexibility index (Phi) is 2.81. The maximum absolute atomic E-state index is 13.4. The highest BCUT2D eigenvalue weighted by Gasteiger charge is 2.42. The molecule has 0 spiro atoms. The standard InChI is InChI=1S/C9H10F2N2O/c10-9(11,7(12)8(13)14)6-4-2-1-3-5-6/h1-5,7H,12H2,(H2,13,14). The van der Waals surface area contributed by atoms with Crippen molar-refractivity contribution in [3.8, 4) is 0 Å². The van der Waals surface area contributed by atoms with Crippen molar-refractivity contribution in [2.45, 2.75) is 12.0 Å². The lowest BCUT2D eigenvalue weighted by Crippen LogP contribution is -2.48. The maximum atomic E-state index is 13.4. The third kappa shape index (κ3) is 1.88. The summed E-state index contributed by atoms with van der Waals surface area (Å²) in [5, 5.41) is 0. The minimum absolute atomic E-state index is 0.314. The predicted molar refractivity (Wildman–Crippen MR) is 47.5 cm³/mol. The van der Waals surface area contributed by atoms with Gasteiger partial charge in [-0.1, -0.05) is 30.3 Å². The summed E-state index contributed by atoms with van der Waals surface area (Å²) in [4.78, 5) is 10.5. The lowest BCUT2D eigenvalue weighted by atomic mass is 10.0. The van der Waals surface area contributed by atoms with Crippen molar-refractivity contribution in [3.63, 3.8) is 0 Å². The van der Waals surface area contributed by atoms with Gasteiger partial charge in [0.1, 0.15) is 0 Å². The lowest BCUT2D eigenvalue weighted by Gasteiger charge is -2.20. The van der Waals surface area contributed by atoms with Gasteiger partial charge in [-0.3, -0.25) is 4.79 Å². The molecular weight excluding hydrogens is 190 g/mol. The van der Waals surface area contributed by atoms with Gasteiger partial charge in [0.2, 0.25) is 5.91 Å². The van der Waals surface area contributed by atoms with Gasteiger partial charge in [-0.05, 0) is 0 Å². The van der Waals surface area contributed by atoms with E-state index in [2.05, 4.69) is 0 Å². The molecule has 76 valence electrons. The van der Waals surface area contributed by atoms with Crippen molar-refractivity contribution in [1.29, 1.82) is 0 Å². The van der Waals surface area contributed by atoms with Crippen LogP contribution in [-0.2, 0) is 10.7 Å². The fraction of sp³-hybridized carbons (Fsp3) is 0.222. The van der Waals surface area contributed by atoms with Crippen LogP contribution in [0, 0.1) is 0 Å². The minimum Gasteiger partial charge on any atom is -0.368 e. The van der Waals surface area contributed by atoms with Crippen LogP contribution in [0.15, 0.2) is 30.3 Å². The van der Waals surface area contributed by atoms with E-state index in [4.69, 9.17) is 11.5 Å². The van der Waals surface area contributed by atoms with E-state index in [1.807, 2.05) is 0 Å². The number of halogens is 2. The summed E-state index contributed by atoms with van der Waals surface area (Å²) in [6.45, 7) is 0. The average Bonchev–Trinajstić information content (AvgIpc) is 2.18. The van der Waals surface area contributed by atoms with Gasteiger partial charge >= 0.3 is 0 Å². The van der Waals surface area contributed by atoms with Crippen LogP contribution in [0.25, 0.3) is 0 Å². The number of alkyl halides is 2. The van der Waals surface area contributed by atoms with Crippen molar-refractivity contribution in [2.75, 3.05) is 0 Å². The molecule has 1 aromatic rings. The molecule has 1 amide bonds. The van der Waals surface area contributed by atoms with Crippen LogP contribution in [0.4, 0.5) is 8.78 Å². The zero-order valence-electron chi connectivity index (χ0n) is 7.28. The Morgan fingerprint density at radius 1 is 1.29 bits per heavy atom. The summed E-state index contributed by atoms with van der Waals surface area (Å²) in [7, 11) is 0. The monoisotopic (exact) mass is 200 g/mol. The summed E-state index contributed by atoms with van der Waals surface area (Å²) in [5.41, 5.74) is 9.40. The Morgan fingerprint density at radius 3 is 2.21 bits per heavy atom. The van der Waals surface area contributed by atoms with Gasteiger partial charge in [-0.25, -0.2) is 0 Å². The quantitative estimate of drug-likeness (QED) is 0.749. The molecule has 0 aliphatic rings. The first kappa shape index (κ1) is 10.6. The highest BCUT2D eigenvalue weighted by atomic mass is 19.3. The molecular formula is C9H10F2N2O. The zero-order chi connectivity index (χ0) is 10.8.